The Balaban J connectivity index is 2.12. The van der Waals surface area contributed by atoms with Gasteiger partial charge in [0.05, 0.1) is 17.9 Å². The molecule has 2 rings (SSSR count). The molecule has 0 spiro atoms. The first-order valence-corrected chi connectivity index (χ1v) is 6.48. The SMILES string of the molecule is Cc1ncc(N(Cl)C(=O)[C@@H]2C[C@@H](F)CN2)nc1Br. The molecule has 0 saturated carbocycles. The molecular formula is C10H11BrClFN4O. The van der Waals surface area contributed by atoms with Gasteiger partial charge in [-0.05, 0) is 22.9 Å². The van der Waals surface area contributed by atoms with Crippen molar-refractivity contribution in [3.05, 3.63) is 16.5 Å². The van der Waals surface area contributed by atoms with Crippen LogP contribution >= 0.6 is 27.7 Å². The molecule has 1 fully saturated rings. The van der Waals surface area contributed by atoms with Gasteiger partial charge in [0.1, 0.15) is 10.8 Å². The fourth-order valence-corrected chi connectivity index (χ4v) is 2.13. The number of carbonyl (C=O) groups excluding carboxylic acids is 1. The smallest absolute Gasteiger partial charge is 0.260 e. The van der Waals surface area contributed by atoms with Crippen LogP contribution in [-0.4, -0.2) is 34.6 Å². The third-order valence-electron chi connectivity index (χ3n) is 2.65. The average molecular weight is 338 g/mol. The number of anilines is 1. The Kier molecular flexibility index (Phi) is 4.14. The van der Waals surface area contributed by atoms with Gasteiger partial charge in [-0.2, -0.15) is 0 Å². The van der Waals surface area contributed by atoms with Crippen LogP contribution in [0.5, 0.6) is 0 Å². The van der Waals surface area contributed by atoms with E-state index >= 15 is 0 Å². The summed E-state index contributed by atoms with van der Waals surface area (Å²) in [6.07, 6.45) is 0.509. The third kappa shape index (κ3) is 2.78. The molecule has 0 bridgehead atoms. The minimum Gasteiger partial charge on any atom is -0.303 e. The number of halogens is 3. The lowest BCUT2D eigenvalue weighted by molar-refractivity contribution is -0.119. The molecular weight excluding hydrogens is 326 g/mol. The molecule has 2 atom stereocenters. The standard InChI is InChI=1S/C10H11BrClFN4O/c1-5-9(11)16-8(4-14-5)17(12)10(18)7-2-6(13)3-15-7/h4,6-7,15H,2-3H2,1H3/t6-,7+/m1/s1. The number of hydrogen-bond donors (Lipinski definition) is 1. The van der Waals surface area contributed by atoms with Gasteiger partial charge in [0.25, 0.3) is 5.91 Å². The molecule has 18 heavy (non-hydrogen) atoms. The number of nitrogens with one attached hydrogen (secondary N) is 1. The Bertz CT molecular complexity index is 475. The van der Waals surface area contributed by atoms with E-state index < -0.39 is 18.1 Å². The predicted molar refractivity (Wildman–Crippen MR) is 69.1 cm³/mol. The quantitative estimate of drug-likeness (QED) is 0.835. The molecule has 0 aromatic carbocycles. The van der Waals surface area contributed by atoms with Crippen molar-refractivity contribution in [2.75, 3.05) is 11.0 Å². The van der Waals surface area contributed by atoms with Gasteiger partial charge in [-0.15, -0.1) is 0 Å². The largest absolute Gasteiger partial charge is 0.303 e. The number of amides is 1. The first kappa shape index (κ1) is 13.6. The minimum atomic E-state index is -1.01. The maximum atomic E-state index is 13.0. The summed E-state index contributed by atoms with van der Waals surface area (Å²) in [6.45, 7) is 1.94. The van der Waals surface area contributed by atoms with Gasteiger partial charge < -0.3 is 5.32 Å². The second-order valence-corrected chi connectivity index (χ2v) is 5.11. The highest BCUT2D eigenvalue weighted by Crippen LogP contribution is 2.21. The summed E-state index contributed by atoms with van der Waals surface area (Å²) in [6, 6.07) is -0.612. The van der Waals surface area contributed by atoms with Crippen LogP contribution in [0.15, 0.2) is 10.8 Å². The Morgan fingerprint density at radius 2 is 2.44 bits per heavy atom. The summed E-state index contributed by atoms with van der Waals surface area (Å²) >= 11 is 9.12. The Labute approximate surface area is 117 Å². The molecule has 1 aromatic heterocycles. The van der Waals surface area contributed by atoms with E-state index in [1.54, 1.807) is 6.92 Å². The van der Waals surface area contributed by atoms with Crippen LogP contribution in [0, 0.1) is 6.92 Å². The number of hydrogen-bond acceptors (Lipinski definition) is 4. The number of aromatic nitrogens is 2. The highest BCUT2D eigenvalue weighted by molar-refractivity contribution is 9.10. The van der Waals surface area contributed by atoms with Crippen molar-refractivity contribution in [2.24, 2.45) is 0 Å². The molecule has 0 unspecified atom stereocenters. The number of alkyl halides is 1. The topological polar surface area (TPSA) is 58.1 Å². The minimum absolute atomic E-state index is 0.127. The van der Waals surface area contributed by atoms with Gasteiger partial charge in [-0.1, -0.05) is 0 Å². The summed E-state index contributed by atoms with van der Waals surface area (Å²) < 4.78 is 14.4. The molecule has 1 aliphatic rings. The second kappa shape index (κ2) is 5.46. The van der Waals surface area contributed by atoms with Crippen molar-refractivity contribution < 1.29 is 9.18 Å². The zero-order chi connectivity index (χ0) is 13.3. The van der Waals surface area contributed by atoms with Gasteiger partial charge >= 0.3 is 0 Å². The van der Waals surface area contributed by atoms with Gasteiger partial charge in [0.2, 0.25) is 0 Å². The molecule has 1 saturated heterocycles. The molecule has 5 nitrogen and oxygen atoms in total. The van der Waals surface area contributed by atoms with E-state index in [-0.39, 0.29) is 18.8 Å². The monoisotopic (exact) mass is 336 g/mol. The lowest BCUT2D eigenvalue weighted by atomic mass is 10.2. The van der Waals surface area contributed by atoms with Crippen molar-refractivity contribution >= 4 is 39.4 Å². The van der Waals surface area contributed by atoms with E-state index in [1.165, 1.54) is 6.20 Å². The van der Waals surface area contributed by atoms with Crippen LogP contribution in [0.2, 0.25) is 0 Å². The van der Waals surface area contributed by atoms with Crippen LogP contribution < -0.4 is 9.74 Å². The average Bonchev–Trinajstić information content (AvgIpc) is 2.77. The number of aryl methyl sites for hydroxylation is 1. The van der Waals surface area contributed by atoms with Crippen molar-refractivity contribution in [3.8, 4) is 0 Å². The van der Waals surface area contributed by atoms with E-state index in [0.29, 0.717) is 10.3 Å². The van der Waals surface area contributed by atoms with Crippen LogP contribution in [0.25, 0.3) is 0 Å². The molecule has 0 aliphatic carbocycles. The zero-order valence-electron chi connectivity index (χ0n) is 9.53. The van der Waals surface area contributed by atoms with Crippen LogP contribution in [0.1, 0.15) is 12.1 Å². The van der Waals surface area contributed by atoms with Crippen LogP contribution in [-0.2, 0) is 4.79 Å². The molecule has 1 aromatic rings. The highest BCUT2D eigenvalue weighted by atomic mass is 79.9. The number of nitrogens with zero attached hydrogens (tertiary/aromatic N) is 3. The summed E-state index contributed by atoms with van der Waals surface area (Å²) in [5.74, 6) is -0.217. The molecule has 1 N–H and O–H groups in total. The Morgan fingerprint density at radius 3 is 3.00 bits per heavy atom. The van der Waals surface area contributed by atoms with E-state index in [2.05, 4.69) is 31.2 Å². The Hall–Kier alpha value is -0.790. The molecule has 1 amide bonds. The summed E-state index contributed by atoms with van der Waals surface area (Å²) in [7, 11) is 0. The van der Waals surface area contributed by atoms with Crippen molar-refractivity contribution in [1.29, 1.82) is 0 Å². The van der Waals surface area contributed by atoms with Crippen LogP contribution in [0.3, 0.4) is 0 Å². The summed E-state index contributed by atoms with van der Waals surface area (Å²) in [5, 5.41) is 2.77. The van der Waals surface area contributed by atoms with Gasteiger partial charge in [-0.3, -0.25) is 9.78 Å². The van der Waals surface area contributed by atoms with Crippen molar-refractivity contribution in [2.45, 2.75) is 25.6 Å². The van der Waals surface area contributed by atoms with Gasteiger partial charge in [0.15, 0.2) is 5.82 Å². The molecule has 2 heterocycles. The maximum Gasteiger partial charge on any atom is 0.260 e. The normalized spacial score (nSPS) is 23.1. The van der Waals surface area contributed by atoms with E-state index in [9.17, 15) is 9.18 Å². The van der Waals surface area contributed by atoms with Gasteiger partial charge in [0, 0.05) is 24.7 Å². The van der Waals surface area contributed by atoms with E-state index in [1.807, 2.05) is 0 Å². The highest BCUT2D eigenvalue weighted by Gasteiger charge is 2.33. The van der Waals surface area contributed by atoms with Crippen molar-refractivity contribution in [1.82, 2.24) is 15.3 Å². The Morgan fingerprint density at radius 1 is 1.72 bits per heavy atom. The van der Waals surface area contributed by atoms with Gasteiger partial charge in [-0.25, -0.2) is 13.8 Å². The number of carbonyl (C=O) groups is 1. The second-order valence-electron chi connectivity index (χ2n) is 4.02. The van der Waals surface area contributed by atoms with Crippen molar-refractivity contribution in [3.63, 3.8) is 0 Å². The molecule has 8 heteroatoms. The van der Waals surface area contributed by atoms with E-state index in [4.69, 9.17) is 11.8 Å². The molecule has 98 valence electrons. The maximum absolute atomic E-state index is 13.0. The zero-order valence-corrected chi connectivity index (χ0v) is 11.9. The molecule has 0 radical (unpaired) electrons. The lowest BCUT2D eigenvalue weighted by Crippen LogP contribution is -2.39. The van der Waals surface area contributed by atoms with Crippen LogP contribution in [0.4, 0.5) is 10.2 Å². The first-order valence-electron chi connectivity index (χ1n) is 5.35. The summed E-state index contributed by atoms with van der Waals surface area (Å²) in [5.41, 5.74) is 0.694. The van der Waals surface area contributed by atoms with E-state index in [0.717, 1.165) is 4.42 Å². The third-order valence-corrected chi connectivity index (χ3v) is 3.75. The fraction of sp³-hybridized carbons (Fsp3) is 0.500. The number of rotatable bonds is 2. The first-order chi connectivity index (χ1) is 8.49. The lowest BCUT2D eigenvalue weighted by Gasteiger charge is -2.17. The molecule has 1 aliphatic heterocycles. The summed E-state index contributed by atoms with van der Waals surface area (Å²) in [4.78, 5) is 20.1. The predicted octanol–water partition coefficient (Wildman–Crippen LogP) is 1.73. The fourth-order valence-electron chi connectivity index (χ4n) is 1.64.